The summed E-state index contributed by atoms with van der Waals surface area (Å²) < 4.78 is 13.5. The number of hydrogen-bond acceptors (Lipinski definition) is 5. The summed E-state index contributed by atoms with van der Waals surface area (Å²) in [5.74, 6) is 1.55. The minimum absolute atomic E-state index is 0.0294. The molecule has 5 saturated carbocycles. The SMILES string of the molecule is C[C@H]1[C@H](C)CC[C@@]23CC[C@]4(C)[C@@](OC2=O)([C@H]13)[C@H]1O[C@H]1[C@@H]1[C@@]2(C)CC[C@H](O)C(C)(C)[C@@H]2[C@H](O)C[C@]14C. The molecule has 5 aliphatic carbocycles. The fourth-order valence-electron chi connectivity index (χ4n) is 12.6. The fraction of sp³-hybridized carbons (Fsp3) is 0.967. The van der Waals surface area contributed by atoms with Gasteiger partial charge in [-0.05, 0) is 84.9 Å². The Hall–Kier alpha value is -0.650. The molecule has 0 aromatic heterocycles. The Kier molecular flexibility index (Phi) is 4.23. The van der Waals surface area contributed by atoms with Crippen LogP contribution in [-0.2, 0) is 14.3 Å². The molecule has 7 rings (SSSR count). The first-order valence-electron chi connectivity index (χ1n) is 14.5. The van der Waals surface area contributed by atoms with Gasteiger partial charge in [-0.25, -0.2) is 0 Å². The van der Waals surface area contributed by atoms with E-state index in [1.54, 1.807) is 0 Å². The average Bonchev–Trinajstić information content (AvgIpc) is 3.51. The van der Waals surface area contributed by atoms with Crippen LogP contribution in [0.4, 0.5) is 0 Å². The summed E-state index contributed by atoms with van der Waals surface area (Å²) in [4.78, 5) is 13.8. The number of epoxide rings is 1. The largest absolute Gasteiger partial charge is 0.455 e. The van der Waals surface area contributed by atoms with E-state index < -0.39 is 17.8 Å². The highest BCUT2D eigenvalue weighted by Gasteiger charge is 2.89. The third-order valence-corrected chi connectivity index (χ3v) is 14.4. The van der Waals surface area contributed by atoms with E-state index in [0.717, 1.165) is 38.5 Å². The molecule has 196 valence electrons. The molecule has 5 heteroatoms. The van der Waals surface area contributed by atoms with Crippen molar-refractivity contribution in [2.45, 2.75) is 123 Å². The molecule has 0 radical (unpaired) electrons. The summed E-state index contributed by atoms with van der Waals surface area (Å²) in [6, 6.07) is 0. The maximum Gasteiger partial charge on any atom is 0.313 e. The van der Waals surface area contributed by atoms with Crippen LogP contribution in [0.3, 0.4) is 0 Å². The summed E-state index contributed by atoms with van der Waals surface area (Å²) in [7, 11) is 0. The molecule has 0 unspecified atom stereocenters. The molecule has 2 bridgehead atoms. The molecular formula is C30H46O5. The Labute approximate surface area is 210 Å². The van der Waals surface area contributed by atoms with E-state index in [4.69, 9.17) is 9.47 Å². The van der Waals surface area contributed by atoms with Gasteiger partial charge in [0, 0.05) is 11.3 Å². The molecule has 2 saturated heterocycles. The molecule has 5 nitrogen and oxygen atoms in total. The molecule has 1 spiro atoms. The number of hydrogen-bond donors (Lipinski definition) is 2. The first-order chi connectivity index (χ1) is 16.2. The molecule has 2 N–H and O–H groups in total. The number of esters is 1. The van der Waals surface area contributed by atoms with Crippen LogP contribution in [0.2, 0.25) is 0 Å². The zero-order chi connectivity index (χ0) is 25.1. The molecule has 2 heterocycles. The molecule has 0 amide bonds. The van der Waals surface area contributed by atoms with Gasteiger partial charge in [0.25, 0.3) is 0 Å². The monoisotopic (exact) mass is 486 g/mol. The standard InChI is InChI=1S/C30H46O5/c1-15-8-11-29-13-12-28(7)27(6)14-17(31)21-25(3,4)18(32)9-10-26(21,5)22(27)19-23(34-19)30(28,35-24(29)33)20(29)16(15)2/h15-23,31-32H,8-14H2,1-7H3/t15-,16+,17-,18+,19+,20-,21+,22-,23+,26+,27-,28+,29+,30-/m1/s1. The fourth-order valence-corrected chi connectivity index (χ4v) is 12.6. The second kappa shape index (κ2) is 6.31. The van der Waals surface area contributed by atoms with Gasteiger partial charge >= 0.3 is 5.97 Å². The van der Waals surface area contributed by atoms with Crippen LogP contribution in [0.5, 0.6) is 0 Å². The second-order valence-electron chi connectivity index (χ2n) is 15.6. The van der Waals surface area contributed by atoms with Crippen LogP contribution in [0, 0.1) is 56.7 Å². The topological polar surface area (TPSA) is 79.3 Å². The van der Waals surface area contributed by atoms with Gasteiger partial charge in [0.1, 0.15) is 6.10 Å². The Balaban J connectivity index is 1.41. The Bertz CT molecular complexity index is 993. The Morgan fingerprint density at radius 2 is 1.60 bits per heavy atom. The van der Waals surface area contributed by atoms with E-state index in [0.29, 0.717) is 24.2 Å². The predicted octanol–water partition coefficient (Wildman–Crippen LogP) is 4.72. The molecule has 14 atom stereocenters. The van der Waals surface area contributed by atoms with Gasteiger partial charge in [-0.3, -0.25) is 4.79 Å². The second-order valence-corrected chi connectivity index (χ2v) is 15.6. The van der Waals surface area contributed by atoms with Crippen molar-refractivity contribution in [3.8, 4) is 0 Å². The molecular weight excluding hydrogens is 440 g/mol. The van der Waals surface area contributed by atoms with Crippen molar-refractivity contribution >= 4 is 5.97 Å². The van der Waals surface area contributed by atoms with Crippen molar-refractivity contribution in [2.75, 3.05) is 0 Å². The highest BCUT2D eigenvalue weighted by Crippen LogP contribution is 2.83. The van der Waals surface area contributed by atoms with Gasteiger partial charge in [-0.1, -0.05) is 48.5 Å². The van der Waals surface area contributed by atoms with E-state index in [2.05, 4.69) is 48.5 Å². The van der Waals surface area contributed by atoms with Crippen LogP contribution in [0.1, 0.15) is 93.4 Å². The summed E-state index contributed by atoms with van der Waals surface area (Å²) in [5, 5.41) is 22.9. The normalized spacial score (nSPS) is 65.7. The minimum atomic E-state index is -0.584. The van der Waals surface area contributed by atoms with Crippen molar-refractivity contribution < 1.29 is 24.5 Å². The van der Waals surface area contributed by atoms with Gasteiger partial charge in [0.15, 0.2) is 5.60 Å². The number of ether oxygens (including phenoxy) is 2. The molecule has 0 aromatic rings. The lowest BCUT2D eigenvalue weighted by atomic mass is 9.30. The molecule has 7 aliphatic rings. The van der Waals surface area contributed by atoms with Crippen molar-refractivity contribution in [3.63, 3.8) is 0 Å². The average molecular weight is 487 g/mol. The lowest BCUT2D eigenvalue weighted by Crippen LogP contribution is -2.77. The van der Waals surface area contributed by atoms with E-state index in [1.165, 1.54) is 0 Å². The van der Waals surface area contributed by atoms with Gasteiger partial charge in [-0.2, -0.15) is 0 Å². The summed E-state index contributed by atoms with van der Waals surface area (Å²) >= 11 is 0. The van der Waals surface area contributed by atoms with Crippen LogP contribution in [-0.4, -0.2) is 46.2 Å². The molecule has 35 heavy (non-hydrogen) atoms. The molecule has 0 aromatic carbocycles. The third-order valence-electron chi connectivity index (χ3n) is 14.4. The van der Waals surface area contributed by atoms with E-state index in [1.807, 2.05) is 0 Å². The number of aliphatic hydroxyl groups excluding tert-OH is 2. The number of fused-ring (bicyclic) bond motifs is 6. The maximum absolute atomic E-state index is 13.8. The van der Waals surface area contributed by atoms with Crippen molar-refractivity contribution in [1.82, 2.24) is 0 Å². The lowest BCUT2D eigenvalue weighted by molar-refractivity contribution is -0.296. The Morgan fingerprint density at radius 3 is 2.31 bits per heavy atom. The summed E-state index contributed by atoms with van der Waals surface area (Å²) in [6.07, 6.45) is 5.47. The molecule has 2 aliphatic heterocycles. The van der Waals surface area contributed by atoms with E-state index in [9.17, 15) is 15.0 Å². The smallest absolute Gasteiger partial charge is 0.313 e. The number of aliphatic hydroxyl groups is 2. The van der Waals surface area contributed by atoms with Gasteiger partial charge in [0.05, 0.1) is 23.7 Å². The van der Waals surface area contributed by atoms with Crippen LogP contribution < -0.4 is 0 Å². The van der Waals surface area contributed by atoms with Crippen LogP contribution in [0.15, 0.2) is 0 Å². The zero-order valence-corrected chi connectivity index (χ0v) is 22.8. The Morgan fingerprint density at radius 1 is 0.886 bits per heavy atom. The van der Waals surface area contributed by atoms with Crippen molar-refractivity contribution in [2.24, 2.45) is 56.7 Å². The number of carbonyl (C=O) groups excluding carboxylic acids is 1. The summed E-state index contributed by atoms with van der Waals surface area (Å²) in [5.41, 5.74) is -1.85. The maximum atomic E-state index is 13.8. The van der Waals surface area contributed by atoms with Crippen LogP contribution >= 0.6 is 0 Å². The first kappa shape index (κ1) is 23.5. The number of carbonyl (C=O) groups is 1. The lowest BCUT2D eigenvalue weighted by Gasteiger charge is -2.73. The van der Waals surface area contributed by atoms with E-state index >= 15 is 0 Å². The summed E-state index contributed by atoms with van der Waals surface area (Å²) in [6.45, 7) is 16.2. The quantitative estimate of drug-likeness (QED) is 0.383. The predicted molar refractivity (Wildman–Crippen MR) is 131 cm³/mol. The van der Waals surface area contributed by atoms with Gasteiger partial charge in [0.2, 0.25) is 0 Å². The molecule has 7 fully saturated rings. The highest BCUT2D eigenvalue weighted by atomic mass is 16.6. The highest BCUT2D eigenvalue weighted by molar-refractivity contribution is 5.82. The third kappa shape index (κ3) is 2.19. The van der Waals surface area contributed by atoms with Crippen molar-refractivity contribution in [1.29, 1.82) is 0 Å². The van der Waals surface area contributed by atoms with Gasteiger partial charge < -0.3 is 19.7 Å². The van der Waals surface area contributed by atoms with Gasteiger partial charge in [-0.15, -0.1) is 0 Å². The first-order valence-corrected chi connectivity index (χ1v) is 14.5. The van der Waals surface area contributed by atoms with E-state index in [-0.39, 0.29) is 57.1 Å². The van der Waals surface area contributed by atoms with Crippen LogP contribution in [0.25, 0.3) is 0 Å². The zero-order valence-electron chi connectivity index (χ0n) is 22.8. The van der Waals surface area contributed by atoms with Crippen molar-refractivity contribution in [3.05, 3.63) is 0 Å². The minimum Gasteiger partial charge on any atom is -0.455 e. The number of rotatable bonds is 0.